The Morgan fingerprint density at radius 1 is 1.29 bits per heavy atom. The molecule has 0 aliphatic rings. The quantitative estimate of drug-likeness (QED) is 0.849. The smallest absolute Gasteiger partial charge is 0.225 e. The number of ether oxygens (including phenoxy) is 1. The largest absolute Gasteiger partial charge is 0.494 e. The number of rotatable bonds is 6. The van der Waals surface area contributed by atoms with Crippen LogP contribution in [0.2, 0.25) is 0 Å². The first-order chi connectivity index (χ1) is 8.38. The van der Waals surface area contributed by atoms with Crippen LogP contribution in [0.25, 0.3) is 0 Å². The van der Waals surface area contributed by atoms with Crippen LogP contribution in [-0.4, -0.2) is 28.0 Å². The second kappa shape index (κ2) is 6.15. The van der Waals surface area contributed by atoms with Crippen molar-refractivity contribution in [2.24, 2.45) is 0 Å². The van der Waals surface area contributed by atoms with Crippen molar-refractivity contribution in [3.05, 3.63) is 29.8 Å². The molecule has 2 aromatic rings. The zero-order valence-corrected chi connectivity index (χ0v) is 10.4. The van der Waals surface area contributed by atoms with Crippen molar-refractivity contribution >= 4 is 16.7 Å². The second-order valence-electron chi connectivity index (χ2n) is 3.42. The van der Waals surface area contributed by atoms with Crippen molar-refractivity contribution in [3.63, 3.8) is 0 Å². The van der Waals surface area contributed by atoms with E-state index in [0.29, 0.717) is 6.61 Å². The number of anilines is 1. The Labute approximate surface area is 104 Å². The molecule has 0 amide bonds. The fraction of sp³-hybridized carbons (Fsp3) is 0.364. The highest BCUT2D eigenvalue weighted by Crippen LogP contribution is 2.12. The zero-order valence-electron chi connectivity index (χ0n) is 9.59. The Morgan fingerprint density at radius 2 is 2.12 bits per heavy atom. The van der Waals surface area contributed by atoms with Gasteiger partial charge in [0.25, 0.3) is 0 Å². The normalized spacial score (nSPS) is 10.2. The maximum atomic E-state index is 5.38. The predicted molar refractivity (Wildman–Crippen MR) is 67.5 cm³/mol. The molecule has 0 aliphatic carbocycles. The van der Waals surface area contributed by atoms with Gasteiger partial charge in [-0.2, -0.15) is 0 Å². The molecule has 1 heterocycles. The van der Waals surface area contributed by atoms with Crippen LogP contribution in [0.5, 0.6) is 5.75 Å². The molecule has 0 aliphatic heterocycles. The molecule has 0 unspecified atom stereocenters. The van der Waals surface area contributed by atoms with Gasteiger partial charge in [-0.15, -0.1) is 0 Å². The molecule has 0 saturated carbocycles. The Hall–Kier alpha value is -1.69. The van der Waals surface area contributed by atoms with Gasteiger partial charge in [0.1, 0.15) is 5.75 Å². The summed E-state index contributed by atoms with van der Waals surface area (Å²) in [5, 5.41) is 11.3. The SMILES string of the molecule is CCOc1ccc(CCNc2nnns2)cc1. The van der Waals surface area contributed by atoms with Crippen molar-refractivity contribution in [1.29, 1.82) is 0 Å². The van der Waals surface area contributed by atoms with E-state index >= 15 is 0 Å². The van der Waals surface area contributed by atoms with Crippen LogP contribution in [0.3, 0.4) is 0 Å². The summed E-state index contributed by atoms with van der Waals surface area (Å²) in [5.41, 5.74) is 1.26. The summed E-state index contributed by atoms with van der Waals surface area (Å²) in [4.78, 5) is 0. The highest BCUT2D eigenvalue weighted by Gasteiger charge is 1.98. The summed E-state index contributed by atoms with van der Waals surface area (Å²) >= 11 is 1.26. The highest BCUT2D eigenvalue weighted by atomic mass is 32.1. The van der Waals surface area contributed by atoms with Crippen molar-refractivity contribution in [2.45, 2.75) is 13.3 Å². The molecule has 0 spiro atoms. The third-order valence-corrected chi connectivity index (χ3v) is 2.78. The minimum absolute atomic E-state index is 0.699. The molecule has 0 saturated heterocycles. The average Bonchev–Trinajstić information content (AvgIpc) is 2.85. The molecule has 0 fully saturated rings. The fourth-order valence-corrected chi connectivity index (χ4v) is 1.82. The lowest BCUT2D eigenvalue weighted by molar-refractivity contribution is 0.340. The van der Waals surface area contributed by atoms with Crippen LogP contribution in [-0.2, 0) is 6.42 Å². The molecule has 0 bridgehead atoms. The van der Waals surface area contributed by atoms with E-state index in [9.17, 15) is 0 Å². The minimum atomic E-state index is 0.699. The molecule has 1 aromatic carbocycles. The fourth-order valence-electron chi connectivity index (χ4n) is 1.43. The van der Waals surface area contributed by atoms with Gasteiger partial charge < -0.3 is 10.1 Å². The van der Waals surface area contributed by atoms with Crippen LogP contribution < -0.4 is 10.1 Å². The lowest BCUT2D eigenvalue weighted by Gasteiger charge is -2.05. The van der Waals surface area contributed by atoms with E-state index in [4.69, 9.17) is 4.74 Å². The first-order valence-electron chi connectivity index (χ1n) is 5.49. The van der Waals surface area contributed by atoms with Crippen molar-refractivity contribution in [1.82, 2.24) is 14.8 Å². The van der Waals surface area contributed by atoms with Crippen molar-refractivity contribution in [2.75, 3.05) is 18.5 Å². The van der Waals surface area contributed by atoms with Crippen LogP contribution in [0.1, 0.15) is 12.5 Å². The standard InChI is InChI=1S/C11H14N4OS/c1-2-16-10-5-3-9(4-6-10)7-8-12-11-13-14-15-17-11/h3-6H,2,7-8H2,1H3,(H,12,13,15). The van der Waals surface area contributed by atoms with Gasteiger partial charge in [0, 0.05) is 18.1 Å². The summed E-state index contributed by atoms with van der Waals surface area (Å²) in [7, 11) is 0. The van der Waals surface area contributed by atoms with Crippen LogP contribution in [0.4, 0.5) is 5.13 Å². The van der Waals surface area contributed by atoms with Crippen molar-refractivity contribution in [3.8, 4) is 5.75 Å². The van der Waals surface area contributed by atoms with Crippen LogP contribution >= 0.6 is 11.5 Å². The van der Waals surface area contributed by atoms with E-state index in [-0.39, 0.29) is 0 Å². The first kappa shape index (κ1) is 11.8. The maximum Gasteiger partial charge on any atom is 0.225 e. The summed E-state index contributed by atoms with van der Waals surface area (Å²) < 4.78 is 9.07. The lowest BCUT2D eigenvalue weighted by atomic mass is 10.1. The van der Waals surface area contributed by atoms with E-state index < -0.39 is 0 Å². The predicted octanol–water partition coefficient (Wildman–Crippen LogP) is 1.99. The molecule has 5 nitrogen and oxygen atoms in total. The zero-order chi connectivity index (χ0) is 11.9. The van der Waals surface area contributed by atoms with Gasteiger partial charge in [-0.1, -0.05) is 21.7 Å². The van der Waals surface area contributed by atoms with E-state index in [2.05, 4.69) is 32.2 Å². The lowest BCUT2D eigenvalue weighted by Crippen LogP contribution is -2.04. The van der Waals surface area contributed by atoms with E-state index in [1.54, 1.807) is 0 Å². The molecule has 6 heteroatoms. The third-order valence-electron chi connectivity index (χ3n) is 2.22. The third kappa shape index (κ3) is 3.67. The van der Waals surface area contributed by atoms with E-state index in [1.165, 1.54) is 17.1 Å². The Balaban J connectivity index is 1.79. The summed E-state index contributed by atoms with van der Waals surface area (Å²) in [5.74, 6) is 0.914. The molecule has 1 N–H and O–H groups in total. The summed E-state index contributed by atoms with van der Waals surface area (Å²) in [6.07, 6.45) is 0.936. The molecular formula is C11H14N4OS. The number of nitrogens with one attached hydrogen (secondary N) is 1. The van der Waals surface area contributed by atoms with E-state index in [1.807, 2.05) is 19.1 Å². The van der Waals surface area contributed by atoms with Gasteiger partial charge >= 0.3 is 0 Å². The highest BCUT2D eigenvalue weighted by molar-refractivity contribution is 7.09. The number of nitrogens with zero attached hydrogens (tertiary/aromatic N) is 3. The summed E-state index contributed by atoms with van der Waals surface area (Å²) in [6, 6.07) is 8.13. The van der Waals surface area contributed by atoms with Gasteiger partial charge in [0.15, 0.2) is 0 Å². The van der Waals surface area contributed by atoms with Gasteiger partial charge in [0.2, 0.25) is 5.13 Å². The van der Waals surface area contributed by atoms with Crippen molar-refractivity contribution < 1.29 is 4.74 Å². The molecule has 90 valence electrons. The van der Waals surface area contributed by atoms with Gasteiger partial charge in [-0.3, -0.25) is 0 Å². The second-order valence-corrected chi connectivity index (χ2v) is 4.15. The maximum absolute atomic E-state index is 5.38. The monoisotopic (exact) mass is 250 g/mol. The number of hydrogen-bond acceptors (Lipinski definition) is 6. The molecule has 1 aromatic heterocycles. The average molecular weight is 250 g/mol. The van der Waals surface area contributed by atoms with Gasteiger partial charge in [0.05, 0.1) is 6.61 Å². The van der Waals surface area contributed by atoms with Gasteiger partial charge in [-0.05, 0) is 36.3 Å². The Morgan fingerprint density at radius 3 is 2.76 bits per heavy atom. The van der Waals surface area contributed by atoms with E-state index in [0.717, 1.165) is 23.8 Å². The topological polar surface area (TPSA) is 59.9 Å². The molecule has 0 radical (unpaired) electrons. The molecule has 0 atom stereocenters. The number of benzene rings is 1. The summed E-state index contributed by atoms with van der Waals surface area (Å²) in [6.45, 7) is 3.50. The number of aromatic nitrogens is 3. The van der Waals surface area contributed by atoms with Crippen LogP contribution in [0.15, 0.2) is 24.3 Å². The molecule has 17 heavy (non-hydrogen) atoms. The molecule has 2 rings (SSSR count). The van der Waals surface area contributed by atoms with Crippen LogP contribution in [0, 0.1) is 0 Å². The Kier molecular flexibility index (Phi) is 4.26. The first-order valence-corrected chi connectivity index (χ1v) is 6.26. The van der Waals surface area contributed by atoms with Gasteiger partial charge in [-0.25, -0.2) is 0 Å². The minimum Gasteiger partial charge on any atom is -0.494 e. The molecular weight excluding hydrogens is 236 g/mol. The Bertz CT molecular complexity index is 429. The number of hydrogen-bond donors (Lipinski definition) is 1.